The number of carbonyl (C=O) groups excluding carboxylic acids is 3. The molecule has 254 valence electrons. The van der Waals surface area contributed by atoms with Crippen LogP contribution in [0.5, 0.6) is 0 Å². The average molecular weight is 661 g/mol. The number of fused-ring (bicyclic) bond motifs is 1. The number of hydrogen-bond acceptors (Lipinski definition) is 8. The predicted octanol–water partition coefficient (Wildman–Crippen LogP) is 3.75. The van der Waals surface area contributed by atoms with Crippen molar-refractivity contribution in [1.29, 1.82) is 0 Å². The number of piperazine rings is 1. The van der Waals surface area contributed by atoms with E-state index >= 15 is 0 Å². The minimum Gasteiger partial charge on any atom is -0.339 e. The molecule has 4 aromatic rings. The van der Waals surface area contributed by atoms with E-state index < -0.39 is 5.54 Å². The Morgan fingerprint density at radius 2 is 1.69 bits per heavy atom. The molecule has 0 bridgehead atoms. The van der Waals surface area contributed by atoms with E-state index in [9.17, 15) is 14.4 Å². The minimum absolute atomic E-state index is 0.0110. The molecule has 1 aliphatic carbocycles. The van der Waals surface area contributed by atoms with Crippen LogP contribution in [-0.4, -0.2) is 117 Å². The number of para-hydroxylation sites is 1. The first-order chi connectivity index (χ1) is 23.9. The van der Waals surface area contributed by atoms with Gasteiger partial charge in [-0.2, -0.15) is 5.10 Å². The predicted molar refractivity (Wildman–Crippen MR) is 187 cm³/mol. The first-order valence-corrected chi connectivity index (χ1v) is 17.6. The number of carbonyl (C=O) groups is 3. The van der Waals surface area contributed by atoms with Gasteiger partial charge in [-0.25, -0.2) is 4.98 Å². The summed E-state index contributed by atoms with van der Waals surface area (Å²) in [5.41, 5.74) is 4.07. The molecule has 3 aliphatic heterocycles. The molecule has 8 rings (SSSR count). The second-order valence-corrected chi connectivity index (χ2v) is 14.4. The molecule has 5 heterocycles. The lowest BCUT2D eigenvalue weighted by Gasteiger charge is -2.43. The Kier molecular flexibility index (Phi) is 8.41. The van der Waals surface area contributed by atoms with Crippen LogP contribution in [0.25, 0.3) is 11.0 Å². The van der Waals surface area contributed by atoms with E-state index in [1.165, 1.54) is 11.1 Å². The number of benzene rings is 2. The van der Waals surface area contributed by atoms with E-state index in [4.69, 9.17) is 0 Å². The molecule has 2 aromatic carbocycles. The molecule has 2 amide bonds. The monoisotopic (exact) mass is 660 g/mol. The molecule has 1 saturated carbocycles. The first kappa shape index (κ1) is 31.6. The van der Waals surface area contributed by atoms with Crippen molar-refractivity contribution in [3.8, 4) is 0 Å². The average Bonchev–Trinajstić information content (AvgIpc) is 3.62. The zero-order chi connectivity index (χ0) is 33.5. The molecular formula is C38H44N8O3. The Bertz CT molecular complexity index is 1840. The molecule has 11 nitrogen and oxygen atoms in total. The quantitative estimate of drug-likeness (QED) is 0.289. The Balaban J connectivity index is 0.923. The third-order valence-electron chi connectivity index (χ3n) is 11.2. The lowest BCUT2D eigenvalue weighted by molar-refractivity contribution is -0.136. The van der Waals surface area contributed by atoms with E-state index in [0.717, 1.165) is 50.2 Å². The Hall–Kier alpha value is -4.61. The molecule has 2 atom stereocenters. The van der Waals surface area contributed by atoms with Crippen molar-refractivity contribution < 1.29 is 14.4 Å². The van der Waals surface area contributed by atoms with Crippen LogP contribution in [0.1, 0.15) is 53.1 Å². The van der Waals surface area contributed by atoms with Gasteiger partial charge in [-0.1, -0.05) is 42.5 Å². The van der Waals surface area contributed by atoms with E-state index in [1.54, 1.807) is 23.4 Å². The largest absolute Gasteiger partial charge is 0.339 e. The topological polar surface area (TPSA) is 109 Å². The van der Waals surface area contributed by atoms with E-state index in [1.807, 2.05) is 35.2 Å². The number of aromatic amines is 1. The highest BCUT2D eigenvalue weighted by molar-refractivity contribution is 5.99. The van der Waals surface area contributed by atoms with Gasteiger partial charge in [0.25, 0.3) is 5.91 Å². The number of rotatable bonds is 9. The molecule has 49 heavy (non-hydrogen) atoms. The van der Waals surface area contributed by atoms with Crippen LogP contribution in [0.4, 0.5) is 5.69 Å². The number of Topliss-reactive ketones (excluding diaryl/α,β-unsaturated/α-hetero) is 1. The van der Waals surface area contributed by atoms with Crippen molar-refractivity contribution in [2.75, 3.05) is 64.4 Å². The summed E-state index contributed by atoms with van der Waals surface area (Å²) in [6.07, 6.45) is 5.74. The summed E-state index contributed by atoms with van der Waals surface area (Å²) in [6, 6.07) is 20.5. The van der Waals surface area contributed by atoms with Gasteiger partial charge in [-0.3, -0.25) is 24.4 Å². The lowest BCUT2D eigenvalue weighted by atomic mass is 9.85. The molecule has 1 N–H and O–H groups in total. The molecule has 4 aliphatic rings. The van der Waals surface area contributed by atoms with Gasteiger partial charge in [0.15, 0.2) is 11.4 Å². The number of nitrogens with zero attached hydrogens (tertiary/aromatic N) is 7. The number of ketones is 1. The van der Waals surface area contributed by atoms with Gasteiger partial charge in [0, 0.05) is 69.5 Å². The zero-order valence-electron chi connectivity index (χ0n) is 28.1. The second-order valence-electron chi connectivity index (χ2n) is 14.4. The molecule has 2 unspecified atom stereocenters. The lowest BCUT2D eigenvalue weighted by Crippen LogP contribution is -2.57. The number of hydrogen-bond donors (Lipinski definition) is 1. The molecule has 11 heteroatoms. The number of anilines is 1. The van der Waals surface area contributed by atoms with Gasteiger partial charge in [-0.15, -0.1) is 0 Å². The van der Waals surface area contributed by atoms with Gasteiger partial charge in [0.1, 0.15) is 5.54 Å². The first-order valence-electron chi connectivity index (χ1n) is 17.6. The number of piperidine rings is 1. The second kappa shape index (κ2) is 13.0. The van der Waals surface area contributed by atoms with Crippen LogP contribution in [-0.2, 0) is 16.1 Å². The Morgan fingerprint density at radius 1 is 0.939 bits per heavy atom. The highest BCUT2D eigenvalue weighted by Crippen LogP contribution is 2.51. The van der Waals surface area contributed by atoms with Crippen LogP contribution in [0, 0.1) is 5.92 Å². The maximum absolute atomic E-state index is 14.3. The van der Waals surface area contributed by atoms with Crippen LogP contribution < -0.4 is 4.90 Å². The maximum atomic E-state index is 14.3. The van der Waals surface area contributed by atoms with Crippen molar-refractivity contribution in [3.05, 3.63) is 89.7 Å². The zero-order valence-corrected chi connectivity index (χ0v) is 28.1. The van der Waals surface area contributed by atoms with Gasteiger partial charge >= 0.3 is 0 Å². The third-order valence-corrected chi connectivity index (χ3v) is 11.2. The van der Waals surface area contributed by atoms with Crippen molar-refractivity contribution in [2.45, 2.75) is 43.7 Å². The van der Waals surface area contributed by atoms with Gasteiger partial charge in [0.2, 0.25) is 5.91 Å². The SMILES string of the molecule is CN1CCN(Cc2ccccc2C2CC2CC(=O)CN2CN(c3ccccc3)C3(CCN(C(=O)c4cnc5[nH]ncc5c4)CC3)C2=O)CC1. The van der Waals surface area contributed by atoms with Crippen molar-refractivity contribution in [1.82, 2.24) is 34.8 Å². The summed E-state index contributed by atoms with van der Waals surface area (Å²) in [5.74, 6) is 0.738. The number of H-pyrrole nitrogens is 1. The highest BCUT2D eigenvalue weighted by Gasteiger charge is 2.54. The fraction of sp³-hybridized carbons (Fsp3) is 0.447. The Labute approximate surface area is 286 Å². The number of likely N-dealkylation sites (N-methyl/N-ethyl adjacent to an activating group) is 1. The van der Waals surface area contributed by atoms with Crippen molar-refractivity contribution in [2.24, 2.45) is 5.92 Å². The maximum Gasteiger partial charge on any atom is 0.255 e. The third kappa shape index (κ3) is 6.21. The number of pyridine rings is 1. The van der Waals surface area contributed by atoms with E-state index in [-0.39, 0.29) is 24.1 Å². The van der Waals surface area contributed by atoms with Crippen molar-refractivity contribution in [3.63, 3.8) is 0 Å². The fourth-order valence-electron chi connectivity index (χ4n) is 8.25. The highest BCUT2D eigenvalue weighted by atomic mass is 16.2. The van der Waals surface area contributed by atoms with Crippen LogP contribution in [0.15, 0.2) is 73.1 Å². The van der Waals surface area contributed by atoms with Crippen LogP contribution in [0.3, 0.4) is 0 Å². The number of aromatic nitrogens is 3. The normalized spacial score (nSPS) is 22.7. The van der Waals surface area contributed by atoms with Gasteiger partial charge < -0.3 is 19.6 Å². The Morgan fingerprint density at radius 3 is 2.49 bits per heavy atom. The van der Waals surface area contributed by atoms with Gasteiger partial charge in [-0.05, 0) is 67.5 Å². The smallest absolute Gasteiger partial charge is 0.255 e. The van der Waals surface area contributed by atoms with Crippen LogP contribution >= 0.6 is 0 Å². The number of nitrogens with one attached hydrogen (secondary N) is 1. The fourth-order valence-corrected chi connectivity index (χ4v) is 8.25. The van der Waals surface area contributed by atoms with E-state index in [2.05, 4.69) is 61.2 Å². The molecule has 0 radical (unpaired) electrons. The minimum atomic E-state index is -0.796. The molecule has 2 aromatic heterocycles. The molecule has 3 saturated heterocycles. The van der Waals surface area contributed by atoms with Gasteiger partial charge in [0.05, 0.1) is 25.0 Å². The van der Waals surface area contributed by atoms with Crippen LogP contribution in [0.2, 0.25) is 0 Å². The van der Waals surface area contributed by atoms with E-state index in [0.29, 0.717) is 62.1 Å². The molecular weight excluding hydrogens is 616 g/mol. The summed E-state index contributed by atoms with van der Waals surface area (Å²) in [4.78, 5) is 56.4. The summed E-state index contributed by atoms with van der Waals surface area (Å²) < 4.78 is 0. The standard InChI is InChI=1S/C38H44N8O3/c1-42-15-17-43(18-16-42)24-27-7-5-6-10-33(27)34-21-28(34)20-32(47)25-45-26-46(31-8-3-2-4-9-31)38(37(45)49)11-13-44(14-12-38)36(48)30-19-29-23-40-41-35(29)39-22-30/h2-10,19,22-23,28,34H,11-18,20-21,24-26H2,1H3,(H,39,40,41). The number of amides is 2. The number of likely N-dealkylation sites (tertiary alicyclic amines) is 1. The van der Waals surface area contributed by atoms with Crippen molar-refractivity contribution >= 4 is 34.3 Å². The summed E-state index contributed by atoms with van der Waals surface area (Å²) in [5, 5.41) is 7.62. The summed E-state index contributed by atoms with van der Waals surface area (Å²) in [6.45, 7) is 6.68. The molecule has 1 spiro atoms. The molecule has 4 fully saturated rings. The summed E-state index contributed by atoms with van der Waals surface area (Å²) in [7, 11) is 2.18. The summed E-state index contributed by atoms with van der Waals surface area (Å²) >= 11 is 0.